The number of amides is 1. The quantitative estimate of drug-likeness (QED) is 0.520. The Morgan fingerprint density at radius 1 is 1.19 bits per heavy atom. The molecule has 1 aliphatic carbocycles. The van der Waals surface area contributed by atoms with E-state index in [2.05, 4.69) is 11.9 Å². The van der Waals surface area contributed by atoms with Gasteiger partial charge in [0.25, 0.3) is 0 Å². The molecule has 2 rings (SSSR count). The summed E-state index contributed by atoms with van der Waals surface area (Å²) in [5.41, 5.74) is 0.685. The monoisotopic (exact) mass is 393 g/mol. The average molecular weight is 394 g/mol. The molecule has 1 aromatic heterocycles. The Morgan fingerprint density at radius 3 is 2.52 bits per heavy atom. The van der Waals surface area contributed by atoms with Gasteiger partial charge in [0.1, 0.15) is 16.5 Å². The zero-order valence-corrected chi connectivity index (χ0v) is 16.8. The fourth-order valence-corrected chi connectivity index (χ4v) is 4.38. The minimum Gasteiger partial charge on any atom is -0.462 e. The molecule has 1 saturated carbocycles. The van der Waals surface area contributed by atoms with Crippen molar-refractivity contribution in [3.05, 3.63) is 28.7 Å². The molecule has 1 amide bonds. The van der Waals surface area contributed by atoms with E-state index < -0.39 is 11.9 Å². The summed E-state index contributed by atoms with van der Waals surface area (Å²) >= 11 is 1.05. The molecular formula is C20H27NO5S. The Bertz CT molecular complexity index is 703. The van der Waals surface area contributed by atoms with Gasteiger partial charge in [-0.2, -0.15) is 0 Å². The largest absolute Gasteiger partial charge is 0.462 e. The maximum absolute atomic E-state index is 12.5. The number of hydrogen-bond donors (Lipinski definition) is 1. The Kier molecular flexibility index (Phi) is 8.03. The molecule has 1 heterocycles. The summed E-state index contributed by atoms with van der Waals surface area (Å²) in [5, 5.41) is 3.16. The SMILES string of the molecule is C=CCOC(=O)c1sc(NC(=O)CC2CCCCC2)c(C(=O)OCC)c1C. The van der Waals surface area contributed by atoms with Gasteiger partial charge < -0.3 is 14.8 Å². The molecule has 1 aliphatic rings. The van der Waals surface area contributed by atoms with Crippen LogP contribution >= 0.6 is 11.3 Å². The van der Waals surface area contributed by atoms with Crippen LogP contribution in [0.25, 0.3) is 0 Å². The van der Waals surface area contributed by atoms with Gasteiger partial charge in [0.05, 0.1) is 12.2 Å². The second-order valence-corrected chi connectivity index (χ2v) is 7.64. The van der Waals surface area contributed by atoms with Crippen molar-refractivity contribution >= 4 is 34.2 Å². The highest BCUT2D eigenvalue weighted by Gasteiger charge is 2.28. The van der Waals surface area contributed by atoms with Crippen LogP contribution in [0.5, 0.6) is 0 Å². The number of rotatable bonds is 8. The molecule has 0 aromatic carbocycles. The Labute approximate surface area is 163 Å². The molecule has 0 spiro atoms. The van der Waals surface area contributed by atoms with Gasteiger partial charge in [0, 0.05) is 6.42 Å². The summed E-state index contributed by atoms with van der Waals surface area (Å²) in [4.78, 5) is 37.4. The van der Waals surface area contributed by atoms with Crippen LogP contribution in [0, 0.1) is 12.8 Å². The molecule has 1 aromatic rings. The standard InChI is InChI=1S/C20H27NO5S/c1-4-11-26-20(24)17-13(3)16(19(23)25-5-2)18(27-17)21-15(22)12-14-9-7-6-8-10-14/h4,14H,1,5-12H2,2-3H3,(H,21,22). The molecule has 1 N–H and O–H groups in total. The van der Waals surface area contributed by atoms with Crippen LogP contribution in [0.15, 0.2) is 12.7 Å². The van der Waals surface area contributed by atoms with Crippen molar-refractivity contribution in [3.63, 3.8) is 0 Å². The molecular weight excluding hydrogens is 366 g/mol. The minimum absolute atomic E-state index is 0.0777. The van der Waals surface area contributed by atoms with Gasteiger partial charge in [0.15, 0.2) is 0 Å². The summed E-state index contributed by atoms with van der Waals surface area (Å²) in [6.07, 6.45) is 7.55. The topological polar surface area (TPSA) is 81.7 Å². The Morgan fingerprint density at radius 2 is 1.89 bits per heavy atom. The third-order valence-electron chi connectivity index (χ3n) is 4.60. The molecule has 7 heteroatoms. The molecule has 148 valence electrons. The van der Waals surface area contributed by atoms with E-state index in [9.17, 15) is 14.4 Å². The van der Waals surface area contributed by atoms with Gasteiger partial charge in [0.2, 0.25) is 5.91 Å². The highest BCUT2D eigenvalue weighted by Crippen LogP contribution is 2.35. The van der Waals surface area contributed by atoms with Crippen LogP contribution in [0.2, 0.25) is 0 Å². The third-order valence-corrected chi connectivity index (χ3v) is 5.78. The van der Waals surface area contributed by atoms with Gasteiger partial charge in [-0.15, -0.1) is 11.3 Å². The third kappa shape index (κ3) is 5.66. The second kappa shape index (κ2) is 10.3. The average Bonchev–Trinajstić information content (AvgIpc) is 2.96. The first-order valence-electron chi connectivity index (χ1n) is 9.36. The first kappa shape index (κ1) is 21.2. The summed E-state index contributed by atoms with van der Waals surface area (Å²) in [5.74, 6) is -0.861. The molecule has 0 atom stereocenters. The zero-order chi connectivity index (χ0) is 19.8. The molecule has 6 nitrogen and oxygen atoms in total. The van der Waals surface area contributed by atoms with E-state index in [1.807, 2.05) is 0 Å². The lowest BCUT2D eigenvalue weighted by Crippen LogP contribution is -2.19. The van der Waals surface area contributed by atoms with Crippen LogP contribution in [0.3, 0.4) is 0 Å². The predicted molar refractivity (Wildman–Crippen MR) is 105 cm³/mol. The van der Waals surface area contributed by atoms with Crippen molar-refractivity contribution in [2.75, 3.05) is 18.5 Å². The molecule has 0 saturated heterocycles. The number of anilines is 1. The number of esters is 2. The number of ether oxygens (including phenoxy) is 2. The smallest absolute Gasteiger partial charge is 0.348 e. The van der Waals surface area contributed by atoms with E-state index in [0.717, 1.165) is 37.0 Å². The van der Waals surface area contributed by atoms with Gasteiger partial charge in [-0.3, -0.25) is 4.79 Å². The Balaban J connectivity index is 2.21. The maximum atomic E-state index is 12.5. The predicted octanol–water partition coefficient (Wildman–Crippen LogP) is 4.48. The first-order valence-corrected chi connectivity index (χ1v) is 10.2. The van der Waals surface area contributed by atoms with Crippen LogP contribution in [0.4, 0.5) is 5.00 Å². The first-order chi connectivity index (χ1) is 13.0. The number of nitrogens with one attached hydrogen (secondary N) is 1. The van der Waals surface area contributed by atoms with Crippen molar-refractivity contribution in [2.45, 2.75) is 52.4 Å². The zero-order valence-electron chi connectivity index (χ0n) is 16.0. The van der Waals surface area contributed by atoms with E-state index in [0.29, 0.717) is 22.9 Å². The lowest BCUT2D eigenvalue weighted by atomic mass is 9.87. The normalized spacial score (nSPS) is 14.4. The van der Waals surface area contributed by atoms with Crippen molar-refractivity contribution in [1.82, 2.24) is 0 Å². The number of carbonyl (C=O) groups is 3. The van der Waals surface area contributed by atoms with Gasteiger partial charge in [-0.1, -0.05) is 31.9 Å². The maximum Gasteiger partial charge on any atom is 0.348 e. The lowest BCUT2D eigenvalue weighted by Gasteiger charge is -2.20. The van der Waals surface area contributed by atoms with Gasteiger partial charge in [-0.25, -0.2) is 9.59 Å². The number of hydrogen-bond acceptors (Lipinski definition) is 6. The van der Waals surface area contributed by atoms with Crippen LogP contribution in [-0.4, -0.2) is 31.1 Å². The van der Waals surface area contributed by atoms with Crippen LogP contribution < -0.4 is 5.32 Å². The van der Waals surface area contributed by atoms with Gasteiger partial charge in [-0.05, 0) is 38.2 Å². The van der Waals surface area contributed by atoms with E-state index in [1.165, 1.54) is 12.5 Å². The molecule has 1 fully saturated rings. The highest BCUT2D eigenvalue weighted by atomic mass is 32.1. The molecule has 27 heavy (non-hydrogen) atoms. The lowest BCUT2D eigenvalue weighted by molar-refractivity contribution is -0.117. The summed E-state index contributed by atoms with van der Waals surface area (Å²) in [7, 11) is 0. The van der Waals surface area contributed by atoms with E-state index in [4.69, 9.17) is 9.47 Å². The number of thiophene rings is 1. The molecule has 0 radical (unpaired) electrons. The number of carbonyl (C=O) groups excluding carboxylic acids is 3. The van der Waals surface area contributed by atoms with Gasteiger partial charge >= 0.3 is 11.9 Å². The van der Waals surface area contributed by atoms with Crippen LogP contribution in [0.1, 0.15) is 71.0 Å². The van der Waals surface area contributed by atoms with E-state index in [1.54, 1.807) is 13.8 Å². The van der Waals surface area contributed by atoms with E-state index in [-0.39, 0.29) is 29.6 Å². The van der Waals surface area contributed by atoms with Crippen molar-refractivity contribution in [3.8, 4) is 0 Å². The minimum atomic E-state index is -0.554. The fraction of sp³-hybridized carbons (Fsp3) is 0.550. The second-order valence-electron chi connectivity index (χ2n) is 6.62. The van der Waals surface area contributed by atoms with Crippen LogP contribution in [-0.2, 0) is 14.3 Å². The highest BCUT2D eigenvalue weighted by molar-refractivity contribution is 7.18. The molecule has 0 unspecified atom stereocenters. The molecule has 0 aliphatic heterocycles. The molecule has 0 bridgehead atoms. The fourth-order valence-electron chi connectivity index (χ4n) is 3.28. The van der Waals surface area contributed by atoms with Crippen molar-refractivity contribution in [1.29, 1.82) is 0 Å². The summed E-state index contributed by atoms with van der Waals surface area (Å²) in [6.45, 7) is 7.17. The summed E-state index contributed by atoms with van der Waals surface area (Å²) in [6, 6.07) is 0. The van der Waals surface area contributed by atoms with Crippen molar-refractivity contribution < 1.29 is 23.9 Å². The van der Waals surface area contributed by atoms with E-state index >= 15 is 0 Å². The summed E-state index contributed by atoms with van der Waals surface area (Å²) < 4.78 is 10.2. The van der Waals surface area contributed by atoms with Crippen molar-refractivity contribution in [2.24, 2.45) is 5.92 Å². The Hall–Kier alpha value is -2.15.